The van der Waals surface area contributed by atoms with E-state index in [4.69, 9.17) is 10.8 Å². The van der Waals surface area contributed by atoms with Crippen molar-refractivity contribution in [2.45, 2.75) is 36.8 Å². The van der Waals surface area contributed by atoms with E-state index in [-0.39, 0.29) is 22.2 Å². The van der Waals surface area contributed by atoms with E-state index in [0.717, 1.165) is 6.07 Å². The van der Waals surface area contributed by atoms with Crippen molar-refractivity contribution < 1.29 is 17.9 Å². The lowest BCUT2D eigenvalue weighted by atomic mass is 9.91. The van der Waals surface area contributed by atoms with Crippen LogP contribution < -0.4 is 10.5 Å². The molecule has 1 fully saturated rings. The Balaban J connectivity index is 2.24. The van der Waals surface area contributed by atoms with E-state index in [0.29, 0.717) is 12.8 Å². The van der Waals surface area contributed by atoms with Crippen LogP contribution in [0.1, 0.15) is 18.4 Å². The molecule has 0 heterocycles. The third-order valence-electron chi connectivity index (χ3n) is 3.10. The van der Waals surface area contributed by atoms with Crippen LogP contribution >= 0.6 is 0 Å². The first kappa shape index (κ1) is 13.3. The minimum absolute atomic E-state index is 0.101. The van der Waals surface area contributed by atoms with Gasteiger partial charge in [-0.15, -0.1) is 0 Å². The molecule has 18 heavy (non-hydrogen) atoms. The predicted octanol–water partition coefficient (Wildman–Crippen LogP) is 0.518. The molecule has 100 valence electrons. The number of hydrogen-bond acceptors (Lipinski definition) is 4. The Labute approximate surface area is 105 Å². The van der Waals surface area contributed by atoms with Gasteiger partial charge in [0.1, 0.15) is 5.82 Å². The maximum absolute atomic E-state index is 13.5. The Morgan fingerprint density at radius 3 is 2.56 bits per heavy atom. The number of sulfonamides is 1. The zero-order chi connectivity index (χ0) is 13.5. The fraction of sp³-hybridized carbons (Fsp3) is 0.455. The van der Waals surface area contributed by atoms with Gasteiger partial charge < -0.3 is 10.8 Å². The number of aliphatic hydroxyl groups is 1. The number of aliphatic hydroxyl groups excluding tert-OH is 1. The van der Waals surface area contributed by atoms with Gasteiger partial charge in [0.2, 0.25) is 10.0 Å². The van der Waals surface area contributed by atoms with Gasteiger partial charge >= 0.3 is 0 Å². The van der Waals surface area contributed by atoms with Gasteiger partial charge in [-0.2, -0.15) is 0 Å². The summed E-state index contributed by atoms with van der Waals surface area (Å²) in [6.45, 7) is 1.48. The van der Waals surface area contributed by atoms with Crippen LogP contribution in [-0.4, -0.2) is 25.7 Å². The van der Waals surface area contributed by atoms with Crippen molar-refractivity contribution in [2.75, 3.05) is 5.73 Å². The summed E-state index contributed by atoms with van der Waals surface area (Å²) in [5.74, 6) is -0.649. The molecule has 0 aliphatic heterocycles. The molecule has 1 saturated carbocycles. The maximum Gasteiger partial charge on any atom is 0.241 e. The van der Waals surface area contributed by atoms with Crippen molar-refractivity contribution in [3.05, 3.63) is 23.5 Å². The zero-order valence-electron chi connectivity index (χ0n) is 9.85. The first-order valence-corrected chi connectivity index (χ1v) is 7.04. The van der Waals surface area contributed by atoms with Gasteiger partial charge in [-0.25, -0.2) is 17.5 Å². The molecule has 0 unspecified atom stereocenters. The van der Waals surface area contributed by atoms with Crippen LogP contribution in [-0.2, 0) is 10.0 Å². The Hall–Kier alpha value is -1.18. The lowest BCUT2D eigenvalue weighted by Gasteiger charge is -2.31. The normalized spacial score (nSPS) is 23.7. The van der Waals surface area contributed by atoms with E-state index in [1.165, 1.54) is 13.0 Å². The standard InChI is InChI=1S/C11H15FN2O3S/c1-6-10(12)4-9(5-11(6)13)18(16,17)14-7-2-8(15)3-7/h4-5,7-8,14-15H,2-3,13H2,1H3. The maximum atomic E-state index is 13.5. The highest BCUT2D eigenvalue weighted by Gasteiger charge is 2.31. The van der Waals surface area contributed by atoms with Gasteiger partial charge in [0.05, 0.1) is 11.0 Å². The summed E-state index contributed by atoms with van der Waals surface area (Å²) in [5, 5.41) is 9.10. The minimum atomic E-state index is -3.79. The number of nitrogens with one attached hydrogen (secondary N) is 1. The summed E-state index contributed by atoms with van der Waals surface area (Å²) < 4.78 is 39.7. The minimum Gasteiger partial charge on any atom is -0.398 e. The van der Waals surface area contributed by atoms with Crippen molar-refractivity contribution in [3.8, 4) is 0 Å². The topological polar surface area (TPSA) is 92.4 Å². The largest absolute Gasteiger partial charge is 0.398 e. The third kappa shape index (κ3) is 2.47. The summed E-state index contributed by atoms with van der Waals surface area (Å²) in [7, 11) is -3.79. The van der Waals surface area contributed by atoms with E-state index < -0.39 is 21.9 Å². The quantitative estimate of drug-likeness (QED) is 0.701. The lowest BCUT2D eigenvalue weighted by molar-refractivity contribution is 0.0712. The van der Waals surface area contributed by atoms with Crippen LogP contribution in [0.2, 0.25) is 0 Å². The summed E-state index contributed by atoms with van der Waals surface area (Å²) >= 11 is 0. The van der Waals surface area contributed by atoms with Gasteiger partial charge in [-0.05, 0) is 31.9 Å². The van der Waals surface area contributed by atoms with E-state index in [2.05, 4.69) is 4.72 Å². The lowest BCUT2D eigenvalue weighted by Crippen LogP contribution is -2.46. The number of rotatable bonds is 3. The van der Waals surface area contributed by atoms with Crippen molar-refractivity contribution >= 4 is 15.7 Å². The third-order valence-corrected chi connectivity index (χ3v) is 4.60. The van der Waals surface area contributed by atoms with Gasteiger partial charge in [0, 0.05) is 17.3 Å². The van der Waals surface area contributed by atoms with Crippen molar-refractivity contribution in [2.24, 2.45) is 0 Å². The smallest absolute Gasteiger partial charge is 0.241 e. The average molecular weight is 274 g/mol. The monoisotopic (exact) mass is 274 g/mol. The molecule has 5 nitrogen and oxygen atoms in total. The summed E-state index contributed by atoms with van der Waals surface area (Å²) in [6.07, 6.45) is 0.295. The molecular formula is C11H15FN2O3S. The number of nitrogen functional groups attached to an aromatic ring is 1. The van der Waals surface area contributed by atoms with Gasteiger partial charge in [-0.3, -0.25) is 0 Å². The van der Waals surface area contributed by atoms with Crippen LogP contribution in [0.4, 0.5) is 10.1 Å². The molecule has 2 rings (SSSR count). The fourth-order valence-corrected chi connectivity index (χ4v) is 3.11. The highest BCUT2D eigenvalue weighted by Crippen LogP contribution is 2.24. The van der Waals surface area contributed by atoms with Crippen molar-refractivity contribution in [3.63, 3.8) is 0 Å². The zero-order valence-corrected chi connectivity index (χ0v) is 10.7. The molecule has 1 aliphatic carbocycles. The number of halogens is 1. The SMILES string of the molecule is Cc1c(N)cc(S(=O)(=O)NC2CC(O)C2)cc1F. The first-order chi connectivity index (χ1) is 8.29. The highest BCUT2D eigenvalue weighted by molar-refractivity contribution is 7.89. The van der Waals surface area contributed by atoms with Crippen LogP contribution in [0.15, 0.2) is 17.0 Å². The second kappa shape index (κ2) is 4.49. The Morgan fingerprint density at radius 2 is 2.06 bits per heavy atom. The molecule has 0 amide bonds. The van der Waals surface area contributed by atoms with Crippen LogP contribution in [0.25, 0.3) is 0 Å². The number of hydrogen-bond donors (Lipinski definition) is 3. The van der Waals surface area contributed by atoms with Crippen LogP contribution in [0.3, 0.4) is 0 Å². The van der Waals surface area contributed by atoms with Crippen LogP contribution in [0.5, 0.6) is 0 Å². The molecule has 0 radical (unpaired) electrons. The molecule has 0 bridgehead atoms. The summed E-state index contributed by atoms with van der Waals surface area (Å²) in [6, 6.07) is 1.88. The molecule has 0 spiro atoms. The van der Waals surface area contributed by atoms with Gasteiger partial charge in [0.25, 0.3) is 0 Å². The molecule has 0 aromatic heterocycles. The summed E-state index contributed by atoms with van der Waals surface area (Å²) in [5.41, 5.74) is 5.88. The molecule has 7 heteroatoms. The highest BCUT2D eigenvalue weighted by atomic mass is 32.2. The molecule has 1 aromatic rings. The molecule has 0 atom stereocenters. The van der Waals surface area contributed by atoms with Crippen molar-refractivity contribution in [1.82, 2.24) is 4.72 Å². The second-order valence-corrected chi connectivity index (χ2v) is 6.28. The van der Waals surface area contributed by atoms with E-state index in [1.54, 1.807) is 0 Å². The van der Waals surface area contributed by atoms with Gasteiger partial charge in [0.15, 0.2) is 0 Å². The Morgan fingerprint density at radius 1 is 1.44 bits per heavy atom. The van der Waals surface area contributed by atoms with Crippen molar-refractivity contribution in [1.29, 1.82) is 0 Å². The number of benzene rings is 1. The molecule has 4 N–H and O–H groups in total. The molecular weight excluding hydrogens is 259 g/mol. The fourth-order valence-electron chi connectivity index (χ4n) is 1.80. The first-order valence-electron chi connectivity index (χ1n) is 5.55. The summed E-state index contributed by atoms with van der Waals surface area (Å²) in [4.78, 5) is -0.190. The molecule has 1 aromatic carbocycles. The second-order valence-electron chi connectivity index (χ2n) is 4.56. The Kier molecular flexibility index (Phi) is 3.31. The predicted molar refractivity (Wildman–Crippen MR) is 64.9 cm³/mol. The van der Waals surface area contributed by atoms with E-state index in [1.807, 2.05) is 0 Å². The molecule has 1 aliphatic rings. The molecule has 0 saturated heterocycles. The number of nitrogens with two attached hydrogens (primary N) is 1. The van der Waals surface area contributed by atoms with Gasteiger partial charge in [-0.1, -0.05) is 0 Å². The van der Waals surface area contributed by atoms with E-state index in [9.17, 15) is 12.8 Å². The van der Waals surface area contributed by atoms with E-state index >= 15 is 0 Å². The van der Waals surface area contributed by atoms with Crippen LogP contribution in [0, 0.1) is 12.7 Å². The number of anilines is 1. The average Bonchev–Trinajstić information content (AvgIpc) is 2.22. The Bertz CT molecular complexity index is 545.